The van der Waals surface area contributed by atoms with Crippen molar-refractivity contribution in [3.05, 3.63) is 36.0 Å². The summed E-state index contributed by atoms with van der Waals surface area (Å²) in [5.74, 6) is -6.87. The summed E-state index contributed by atoms with van der Waals surface area (Å²) < 4.78 is 0. The molecule has 1 aromatic carbocycles. The number of unbranched alkanes of at least 4 members (excludes halogenated alkanes) is 1. The lowest BCUT2D eigenvalue weighted by molar-refractivity contribution is -0.147. The number of carboxylic acids is 3. The lowest BCUT2D eigenvalue weighted by Gasteiger charge is -2.25. The number of nitrogens with one attached hydrogen (secondary N) is 4. The van der Waals surface area contributed by atoms with Crippen molar-refractivity contribution in [2.45, 2.75) is 69.1 Å². The number of aromatic amines is 1. The van der Waals surface area contributed by atoms with E-state index in [0.717, 1.165) is 10.9 Å². The van der Waals surface area contributed by atoms with Crippen LogP contribution in [-0.4, -0.2) is 86.6 Å². The number of nitrogens with two attached hydrogens (primary N) is 2. The molecule has 15 nitrogen and oxygen atoms in total. The Bertz CT molecular complexity index is 1250. The number of carbonyl (C=O) groups is 6. The Labute approximate surface area is 235 Å². The van der Waals surface area contributed by atoms with Gasteiger partial charge in [-0.3, -0.25) is 24.0 Å². The van der Waals surface area contributed by atoms with Gasteiger partial charge in [-0.2, -0.15) is 0 Å². The molecular weight excluding hydrogens is 540 g/mol. The van der Waals surface area contributed by atoms with Crippen LogP contribution in [0.3, 0.4) is 0 Å². The fourth-order valence-electron chi connectivity index (χ4n) is 4.10. The minimum Gasteiger partial charge on any atom is -0.481 e. The summed E-state index contributed by atoms with van der Waals surface area (Å²) in [4.78, 5) is 76.0. The van der Waals surface area contributed by atoms with Crippen LogP contribution in [0.25, 0.3) is 10.9 Å². The zero-order valence-corrected chi connectivity index (χ0v) is 22.3. The van der Waals surface area contributed by atoms with Crippen molar-refractivity contribution in [3.8, 4) is 0 Å². The van der Waals surface area contributed by atoms with Crippen LogP contribution in [0.1, 0.15) is 44.1 Å². The fraction of sp³-hybridized carbons (Fsp3) is 0.462. The number of carboxylic acid groups (broad SMARTS) is 3. The molecule has 0 saturated heterocycles. The molecule has 2 rings (SSSR count). The van der Waals surface area contributed by atoms with E-state index in [1.807, 2.05) is 0 Å². The van der Waals surface area contributed by atoms with Gasteiger partial charge in [0.1, 0.15) is 18.1 Å². The number of carbonyl (C=O) groups excluding carboxylic acids is 3. The minimum absolute atomic E-state index is 0.140. The van der Waals surface area contributed by atoms with Gasteiger partial charge in [-0.15, -0.1) is 0 Å². The first-order valence-electron chi connectivity index (χ1n) is 13.0. The van der Waals surface area contributed by atoms with Crippen LogP contribution in [-0.2, 0) is 35.2 Å². The summed E-state index contributed by atoms with van der Waals surface area (Å²) in [5, 5.41) is 35.3. The summed E-state index contributed by atoms with van der Waals surface area (Å²) in [6, 6.07) is 1.53. The van der Waals surface area contributed by atoms with Gasteiger partial charge < -0.3 is 47.7 Å². The van der Waals surface area contributed by atoms with E-state index in [1.165, 1.54) is 0 Å². The van der Waals surface area contributed by atoms with Gasteiger partial charge in [0.15, 0.2) is 0 Å². The standard InChI is InChI=1S/C26H36N6O9/c27-10-4-3-6-16(28)23(37)30-18(8-9-21(33)34)24(38)31-19(25(39)32-20(26(40)41)12-22(35)36)11-14-13-29-17-7-2-1-5-15(14)17/h1-2,5,7,13,16,18-20,29H,3-4,6,8-12,27-28H2,(H,30,37)(H,31,38)(H,32,39)(H,33,34)(H,35,36)(H,40,41). The lowest BCUT2D eigenvalue weighted by atomic mass is 10.0. The van der Waals surface area contributed by atoms with Gasteiger partial charge in [-0.25, -0.2) is 4.79 Å². The van der Waals surface area contributed by atoms with E-state index in [1.54, 1.807) is 30.5 Å². The Hall–Kier alpha value is -4.50. The predicted octanol–water partition coefficient (Wildman–Crippen LogP) is -0.955. The molecule has 0 aliphatic rings. The van der Waals surface area contributed by atoms with Gasteiger partial charge in [0.25, 0.3) is 0 Å². The second-order valence-electron chi connectivity index (χ2n) is 9.51. The van der Waals surface area contributed by atoms with E-state index in [4.69, 9.17) is 21.7 Å². The molecule has 0 spiro atoms. The molecule has 0 aliphatic heterocycles. The number of aliphatic carboxylic acids is 3. The Morgan fingerprint density at radius 3 is 2.07 bits per heavy atom. The molecule has 4 atom stereocenters. The maximum absolute atomic E-state index is 13.3. The zero-order chi connectivity index (χ0) is 30.5. The monoisotopic (exact) mass is 576 g/mol. The Morgan fingerprint density at radius 2 is 1.44 bits per heavy atom. The minimum atomic E-state index is -1.78. The van der Waals surface area contributed by atoms with Crippen molar-refractivity contribution >= 4 is 46.5 Å². The van der Waals surface area contributed by atoms with Crippen LogP contribution < -0.4 is 27.4 Å². The van der Waals surface area contributed by atoms with E-state index in [2.05, 4.69) is 20.9 Å². The summed E-state index contributed by atoms with van der Waals surface area (Å²) >= 11 is 0. The third-order valence-electron chi connectivity index (χ3n) is 6.31. The molecule has 41 heavy (non-hydrogen) atoms. The van der Waals surface area contributed by atoms with Crippen molar-refractivity contribution < 1.29 is 44.1 Å². The highest BCUT2D eigenvalue weighted by Crippen LogP contribution is 2.19. The number of fused-ring (bicyclic) bond motifs is 1. The van der Waals surface area contributed by atoms with E-state index in [-0.39, 0.29) is 19.3 Å². The van der Waals surface area contributed by atoms with Crippen molar-refractivity contribution in [1.82, 2.24) is 20.9 Å². The van der Waals surface area contributed by atoms with Crippen molar-refractivity contribution in [3.63, 3.8) is 0 Å². The first kappa shape index (κ1) is 32.7. The van der Waals surface area contributed by atoms with Crippen LogP contribution in [0.2, 0.25) is 0 Å². The number of rotatable bonds is 18. The predicted molar refractivity (Wildman–Crippen MR) is 145 cm³/mol. The second-order valence-corrected chi connectivity index (χ2v) is 9.51. The maximum atomic E-state index is 13.3. The number of hydrogen-bond donors (Lipinski definition) is 9. The van der Waals surface area contributed by atoms with E-state index in [9.17, 15) is 33.9 Å². The Kier molecular flexibility index (Phi) is 12.7. The third kappa shape index (κ3) is 10.5. The Morgan fingerprint density at radius 1 is 0.805 bits per heavy atom. The summed E-state index contributed by atoms with van der Waals surface area (Å²) in [7, 11) is 0. The summed E-state index contributed by atoms with van der Waals surface area (Å²) in [6.07, 6.45) is 1.22. The van der Waals surface area contributed by atoms with Gasteiger partial charge in [0.05, 0.1) is 12.5 Å². The number of hydrogen-bond acceptors (Lipinski definition) is 8. The van der Waals surface area contributed by atoms with E-state index < -0.39 is 72.6 Å². The number of H-pyrrole nitrogens is 1. The molecule has 0 radical (unpaired) electrons. The second kappa shape index (κ2) is 15.9. The molecule has 1 heterocycles. The van der Waals surface area contributed by atoms with Crippen molar-refractivity contribution in [1.29, 1.82) is 0 Å². The van der Waals surface area contributed by atoms with Gasteiger partial charge in [0.2, 0.25) is 17.7 Å². The highest BCUT2D eigenvalue weighted by Gasteiger charge is 2.32. The van der Waals surface area contributed by atoms with Crippen molar-refractivity contribution in [2.24, 2.45) is 11.5 Å². The summed E-state index contributed by atoms with van der Waals surface area (Å²) in [6.45, 7) is 0.410. The third-order valence-corrected chi connectivity index (χ3v) is 6.31. The Balaban J connectivity index is 2.31. The fourth-order valence-corrected chi connectivity index (χ4v) is 4.10. The molecule has 2 aromatic rings. The molecule has 0 bridgehead atoms. The van der Waals surface area contributed by atoms with Gasteiger partial charge in [0, 0.05) is 29.9 Å². The first-order chi connectivity index (χ1) is 19.4. The summed E-state index contributed by atoms with van der Waals surface area (Å²) in [5.41, 5.74) is 12.7. The average molecular weight is 577 g/mol. The van der Waals surface area contributed by atoms with Gasteiger partial charge in [-0.1, -0.05) is 24.6 Å². The molecule has 11 N–H and O–H groups in total. The normalized spacial score (nSPS) is 13.9. The molecular formula is C26H36N6O9. The lowest BCUT2D eigenvalue weighted by Crippen LogP contribution is -2.57. The highest BCUT2D eigenvalue weighted by molar-refractivity contribution is 5.95. The number of para-hydroxylation sites is 1. The van der Waals surface area contributed by atoms with Gasteiger partial charge in [-0.05, 0) is 37.4 Å². The highest BCUT2D eigenvalue weighted by atomic mass is 16.4. The molecule has 224 valence electrons. The largest absolute Gasteiger partial charge is 0.481 e. The molecule has 1 aromatic heterocycles. The smallest absolute Gasteiger partial charge is 0.326 e. The topological polar surface area (TPSA) is 267 Å². The maximum Gasteiger partial charge on any atom is 0.326 e. The van der Waals surface area contributed by atoms with Crippen LogP contribution in [0.4, 0.5) is 0 Å². The van der Waals surface area contributed by atoms with E-state index in [0.29, 0.717) is 24.9 Å². The number of benzene rings is 1. The van der Waals surface area contributed by atoms with Crippen molar-refractivity contribution in [2.75, 3.05) is 6.54 Å². The molecule has 4 unspecified atom stereocenters. The van der Waals surface area contributed by atoms with Gasteiger partial charge >= 0.3 is 17.9 Å². The van der Waals surface area contributed by atoms with Crippen LogP contribution in [0, 0.1) is 0 Å². The van der Waals surface area contributed by atoms with Crippen LogP contribution in [0.5, 0.6) is 0 Å². The molecule has 3 amide bonds. The van der Waals surface area contributed by atoms with Crippen LogP contribution >= 0.6 is 0 Å². The number of aromatic nitrogens is 1. The molecule has 0 fully saturated rings. The molecule has 15 heteroatoms. The quantitative estimate of drug-likeness (QED) is 0.0976. The number of amides is 3. The first-order valence-corrected chi connectivity index (χ1v) is 13.0. The molecule has 0 saturated carbocycles. The molecule has 0 aliphatic carbocycles. The van der Waals surface area contributed by atoms with Crippen LogP contribution in [0.15, 0.2) is 30.5 Å². The van der Waals surface area contributed by atoms with E-state index >= 15 is 0 Å². The zero-order valence-electron chi connectivity index (χ0n) is 22.3. The average Bonchev–Trinajstić information content (AvgIpc) is 3.32. The SMILES string of the molecule is NCCCCC(N)C(=O)NC(CCC(=O)O)C(=O)NC(Cc1c[nH]c2ccccc12)C(=O)NC(CC(=O)O)C(=O)O.